The third-order valence-corrected chi connectivity index (χ3v) is 5.77. The number of amides is 1. The molecule has 27 heavy (non-hydrogen) atoms. The molecule has 2 bridgehead atoms. The van der Waals surface area contributed by atoms with Crippen molar-refractivity contribution in [2.75, 3.05) is 18.4 Å². The first-order chi connectivity index (χ1) is 12.8. The summed E-state index contributed by atoms with van der Waals surface area (Å²) in [5, 5.41) is 6.26. The van der Waals surface area contributed by atoms with Crippen LogP contribution in [0.2, 0.25) is 0 Å². The Labute approximate surface area is 159 Å². The Morgan fingerprint density at radius 3 is 2.56 bits per heavy atom. The predicted octanol–water partition coefficient (Wildman–Crippen LogP) is 3.10. The van der Waals surface area contributed by atoms with Crippen LogP contribution < -0.4 is 16.2 Å². The maximum Gasteiger partial charge on any atom is 0.274 e. The van der Waals surface area contributed by atoms with E-state index in [1.54, 1.807) is 6.07 Å². The lowest BCUT2D eigenvalue weighted by molar-refractivity contribution is 0.102. The van der Waals surface area contributed by atoms with Gasteiger partial charge >= 0.3 is 0 Å². The van der Waals surface area contributed by atoms with Crippen LogP contribution in [0.25, 0.3) is 0 Å². The first-order valence-corrected chi connectivity index (χ1v) is 9.69. The molecule has 0 radical (unpaired) electrons. The lowest BCUT2D eigenvalue weighted by atomic mass is 9.84. The number of hydrogen-bond donors (Lipinski definition) is 2. The molecule has 0 unspecified atom stereocenters. The van der Waals surface area contributed by atoms with Gasteiger partial charge in [0.15, 0.2) is 0 Å². The minimum atomic E-state index is -0.245. The van der Waals surface area contributed by atoms with Crippen LogP contribution in [-0.2, 0) is 12.0 Å². The Morgan fingerprint density at radius 1 is 1.11 bits per heavy atom. The highest BCUT2D eigenvalue weighted by molar-refractivity contribution is 6.04. The summed E-state index contributed by atoms with van der Waals surface area (Å²) >= 11 is 0. The van der Waals surface area contributed by atoms with Gasteiger partial charge in [-0.05, 0) is 54.1 Å². The first kappa shape index (κ1) is 18.0. The minimum absolute atomic E-state index is 0.0409. The number of piperidine rings is 1. The number of benzene rings is 1. The highest BCUT2D eigenvalue weighted by Gasteiger charge is 2.31. The minimum Gasteiger partial charge on any atom is -0.317 e. The smallest absolute Gasteiger partial charge is 0.274 e. The van der Waals surface area contributed by atoms with E-state index < -0.39 is 0 Å². The number of anilines is 1. The van der Waals surface area contributed by atoms with Crippen LogP contribution in [0.15, 0.2) is 41.2 Å². The van der Waals surface area contributed by atoms with E-state index in [2.05, 4.69) is 31.4 Å². The Bertz CT molecular complexity index is 922. The third kappa shape index (κ3) is 3.44. The van der Waals surface area contributed by atoms with Crippen molar-refractivity contribution < 1.29 is 4.79 Å². The SMILES string of the molecule is CC(C)(C)c1ccc(C(=O)Nc2ccc3n(c2=O)C[C@H]2CNC[C@H]3C2)cc1. The van der Waals surface area contributed by atoms with Crippen molar-refractivity contribution in [1.29, 1.82) is 0 Å². The quantitative estimate of drug-likeness (QED) is 0.860. The van der Waals surface area contributed by atoms with Gasteiger partial charge in [0.2, 0.25) is 0 Å². The lowest BCUT2D eigenvalue weighted by Gasteiger charge is -2.37. The van der Waals surface area contributed by atoms with E-state index in [0.29, 0.717) is 23.1 Å². The van der Waals surface area contributed by atoms with Gasteiger partial charge < -0.3 is 15.2 Å². The van der Waals surface area contributed by atoms with Gasteiger partial charge in [-0.1, -0.05) is 32.9 Å². The molecule has 2 aromatic rings. The molecule has 2 N–H and O–H groups in total. The molecule has 1 fully saturated rings. The fourth-order valence-corrected chi connectivity index (χ4v) is 4.20. The van der Waals surface area contributed by atoms with E-state index >= 15 is 0 Å². The Morgan fingerprint density at radius 2 is 1.85 bits per heavy atom. The number of carbonyl (C=O) groups is 1. The van der Waals surface area contributed by atoms with Crippen molar-refractivity contribution in [2.45, 2.75) is 45.1 Å². The highest BCUT2D eigenvalue weighted by Crippen LogP contribution is 2.32. The molecule has 2 aliphatic heterocycles. The van der Waals surface area contributed by atoms with Crippen molar-refractivity contribution in [3.05, 3.63) is 63.6 Å². The number of nitrogens with zero attached hydrogens (tertiary/aromatic N) is 1. The molecule has 4 rings (SSSR count). The van der Waals surface area contributed by atoms with Crippen LogP contribution in [0.1, 0.15) is 54.7 Å². The zero-order chi connectivity index (χ0) is 19.2. The summed E-state index contributed by atoms with van der Waals surface area (Å²) in [7, 11) is 0. The molecule has 1 aromatic heterocycles. The molecular weight excluding hydrogens is 338 g/mol. The monoisotopic (exact) mass is 365 g/mol. The van der Waals surface area contributed by atoms with Crippen LogP contribution in [0.5, 0.6) is 0 Å². The number of carbonyl (C=O) groups excluding carboxylic acids is 1. The van der Waals surface area contributed by atoms with E-state index in [0.717, 1.165) is 31.7 Å². The molecule has 3 heterocycles. The summed E-state index contributed by atoms with van der Waals surface area (Å²) in [5.41, 5.74) is 3.12. The second-order valence-corrected chi connectivity index (χ2v) is 8.83. The summed E-state index contributed by atoms with van der Waals surface area (Å²) < 4.78 is 1.86. The summed E-state index contributed by atoms with van der Waals surface area (Å²) in [5.74, 6) is 0.635. The zero-order valence-corrected chi connectivity index (χ0v) is 16.2. The van der Waals surface area contributed by atoms with Gasteiger partial charge in [0.25, 0.3) is 11.5 Å². The molecule has 142 valence electrons. The molecule has 1 saturated heterocycles. The molecule has 0 spiro atoms. The van der Waals surface area contributed by atoms with Gasteiger partial charge in [0, 0.05) is 30.3 Å². The molecule has 5 heteroatoms. The van der Waals surface area contributed by atoms with Gasteiger partial charge in [-0.25, -0.2) is 0 Å². The van der Waals surface area contributed by atoms with Gasteiger partial charge in [-0.15, -0.1) is 0 Å². The second-order valence-electron chi connectivity index (χ2n) is 8.83. The van der Waals surface area contributed by atoms with Crippen LogP contribution in [-0.4, -0.2) is 23.6 Å². The largest absolute Gasteiger partial charge is 0.317 e. The average molecular weight is 365 g/mol. The van der Waals surface area contributed by atoms with Gasteiger partial charge in [-0.3, -0.25) is 9.59 Å². The normalized spacial score (nSPS) is 21.4. The fourth-order valence-electron chi connectivity index (χ4n) is 4.20. The average Bonchev–Trinajstić information content (AvgIpc) is 2.64. The maximum atomic E-state index is 12.9. The van der Waals surface area contributed by atoms with Gasteiger partial charge in [0.1, 0.15) is 5.69 Å². The number of pyridine rings is 1. The summed E-state index contributed by atoms with van der Waals surface area (Å²) in [6.45, 7) is 9.02. The first-order valence-electron chi connectivity index (χ1n) is 9.69. The van der Waals surface area contributed by atoms with Crippen molar-refractivity contribution in [3.63, 3.8) is 0 Å². The number of rotatable bonds is 2. The number of nitrogens with one attached hydrogen (secondary N) is 2. The highest BCUT2D eigenvalue weighted by atomic mass is 16.2. The Kier molecular flexibility index (Phi) is 4.42. The third-order valence-electron chi connectivity index (χ3n) is 5.77. The van der Waals surface area contributed by atoms with Gasteiger partial charge in [-0.2, -0.15) is 0 Å². The van der Waals surface area contributed by atoms with Crippen molar-refractivity contribution in [2.24, 2.45) is 5.92 Å². The summed E-state index contributed by atoms with van der Waals surface area (Å²) in [6, 6.07) is 11.3. The summed E-state index contributed by atoms with van der Waals surface area (Å²) in [4.78, 5) is 25.5. The molecule has 1 amide bonds. The van der Waals surface area contributed by atoms with Crippen LogP contribution in [0, 0.1) is 5.92 Å². The molecule has 0 saturated carbocycles. The molecular formula is C22H27N3O2. The van der Waals surface area contributed by atoms with Crippen LogP contribution in [0.3, 0.4) is 0 Å². The van der Waals surface area contributed by atoms with E-state index in [1.165, 1.54) is 5.56 Å². The van der Waals surface area contributed by atoms with Crippen LogP contribution >= 0.6 is 0 Å². The molecule has 5 nitrogen and oxygen atoms in total. The van der Waals surface area contributed by atoms with E-state index in [1.807, 2.05) is 34.9 Å². The zero-order valence-electron chi connectivity index (χ0n) is 16.2. The summed E-state index contributed by atoms with van der Waals surface area (Å²) in [6.07, 6.45) is 1.14. The van der Waals surface area contributed by atoms with E-state index in [-0.39, 0.29) is 16.9 Å². The molecule has 2 atom stereocenters. The molecule has 0 aliphatic carbocycles. The fraction of sp³-hybridized carbons (Fsp3) is 0.455. The Balaban J connectivity index is 1.57. The van der Waals surface area contributed by atoms with E-state index in [9.17, 15) is 9.59 Å². The lowest BCUT2D eigenvalue weighted by Crippen LogP contribution is -2.45. The number of fused-ring (bicyclic) bond motifs is 4. The maximum absolute atomic E-state index is 12.9. The standard InChI is InChI=1S/C22H27N3O2/c1-22(2,3)17-6-4-15(5-7-17)20(26)24-18-8-9-19-16-10-14(11-23-12-16)13-25(19)21(18)27/h4-9,14,16,23H,10-13H2,1-3H3,(H,24,26)/t14-,16-/m1/s1. The van der Waals surface area contributed by atoms with Crippen LogP contribution in [0.4, 0.5) is 5.69 Å². The second kappa shape index (κ2) is 6.64. The molecule has 2 aliphatic rings. The van der Waals surface area contributed by atoms with Crippen molar-refractivity contribution in [3.8, 4) is 0 Å². The Hall–Kier alpha value is -2.40. The van der Waals surface area contributed by atoms with E-state index in [4.69, 9.17) is 0 Å². The van der Waals surface area contributed by atoms with Crippen molar-refractivity contribution in [1.82, 2.24) is 9.88 Å². The number of hydrogen-bond acceptors (Lipinski definition) is 3. The van der Waals surface area contributed by atoms with Gasteiger partial charge in [0.05, 0.1) is 0 Å². The predicted molar refractivity (Wildman–Crippen MR) is 108 cm³/mol. The van der Waals surface area contributed by atoms with Crippen molar-refractivity contribution >= 4 is 11.6 Å². The topological polar surface area (TPSA) is 63.1 Å². The molecule has 1 aromatic carbocycles. The number of aromatic nitrogens is 1.